The molecule has 0 aliphatic rings. The zero-order chi connectivity index (χ0) is 14.3. The van der Waals surface area contributed by atoms with Crippen molar-refractivity contribution in [3.8, 4) is 0 Å². The van der Waals surface area contributed by atoms with Crippen LogP contribution in [0.5, 0.6) is 0 Å². The number of rotatable bonds is 3. The molecular formula is C14H11Cl2FN2S. The van der Waals surface area contributed by atoms with Crippen molar-refractivity contribution in [2.45, 2.75) is 19.3 Å². The average Bonchev–Trinajstić information content (AvgIpc) is 2.96. The molecule has 0 radical (unpaired) electrons. The van der Waals surface area contributed by atoms with Gasteiger partial charge in [0.2, 0.25) is 0 Å². The van der Waals surface area contributed by atoms with Crippen LogP contribution in [-0.2, 0) is 12.4 Å². The zero-order valence-corrected chi connectivity index (χ0v) is 13.0. The molecular weight excluding hydrogens is 318 g/mol. The molecule has 0 N–H and O–H groups in total. The van der Waals surface area contributed by atoms with E-state index in [0.29, 0.717) is 17.6 Å². The molecule has 1 aromatic carbocycles. The number of aromatic nitrogens is 2. The third-order valence-corrected chi connectivity index (χ3v) is 4.62. The van der Waals surface area contributed by atoms with Gasteiger partial charge in [-0.2, -0.15) is 0 Å². The van der Waals surface area contributed by atoms with Gasteiger partial charge >= 0.3 is 0 Å². The number of fused-ring (bicyclic) bond motifs is 1. The lowest BCUT2D eigenvalue weighted by Crippen LogP contribution is -2.02. The third kappa shape index (κ3) is 2.43. The van der Waals surface area contributed by atoms with Crippen molar-refractivity contribution in [2.24, 2.45) is 0 Å². The number of nitrogens with zero attached hydrogens (tertiary/aromatic N) is 2. The number of imidazole rings is 1. The van der Waals surface area contributed by atoms with Gasteiger partial charge in [0.1, 0.15) is 11.6 Å². The number of thiophene rings is 1. The minimum atomic E-state index is -0.248. The largest absolute Gasteiger partial charge is 0.322 e. The van der Waals surface area contributed by atoms with Gasteiger partial charge in [0.15, 0.2) is 0 Å². The van der Waals surface area contributed by atoms with Crippen LogP contribution in [-0.4, -0.2) is 9.55 Å². The van der Waals surface area contributed by atoms with E-state index in [1.807, 2.05) is 22.8 Å². The predicted molar refractivity (Wildman–Crippen MR) is 82.4 cm³/mol. The van der Waals surface area contributed by atoms with Crippen LogP contribution in [0.2, 0.25) is 4.34 Å². The minimum Gasteiger partial charge on any atom is -0.322 e. The topological polar surface area (TPSA) is 17.8 Å². The molecule has 0 aliphatic carbocycles. The van der Waals surface area contributed by atoms with Crippen molar-refractivity contribution in [1.29, 1.82) is 0 Å². The van der Waals surface area contributed by atoms with E-state index in [0.717, 1.165) is 20.6 Å². The summed E-state index contributed by atoms with van der Waals surface area (Å²) in [4.78, 5) is 5.51. The van der Waals surface area contributed by atoms with Crippen LogP contribution >= 0.6 is 34.5 Å². The Morgan fingerprint density at radius 1 is 1.35 bits per heavy atom. The summed E-state index contributed by atoms with van der Waals surface area (Å²) < 4.78 is 16.4. The molecule has 0 saturated carbocycles. The molecule has 0 amide bonds. The highest BCUT2D eigenvalue weighted by atomic mass is 35.5. The molecule has 2 heterocycles. The summed E-state index contributed by atoms with van der Waals surface area (Å²) in [7, 11) is 0. The Morgan fingerprint density at radius 2 is 2.15 bits per heavy atom. The molecule has 3 aromatic rings. The van der Waals surface area contributed by atoms with Crippen molar-refractivity contribution in [1.82, 2.24) is 9.55 Å². The Hall–Kier alpha value is -1.10. The number of benzene rings is 1. The Bertz CT molecular complexity index is 779. The summed E-state index contributed by atoms with van der Waals surface area (Å²) in [6.45, 7) is 2.38. The van der Waals surface area contributed by atoms with E-state index in [1.54, 1.807) is 6.92 Å². The maximum Gasteiger partial charge on any atom is 0.128 e. The van der Waals surface area contributed by atoms with Gasteiger partial charge in [0.25, 0.3) is 0 Å². The monoisotopic (exact) mass is 328 g/mol. The lowest BCUT2D eigenvalue weighted by atomic mass is 10.2. The van der Waals surface area contributed by atoms with Gasteiger partial charge in [0, 0.05) is 10.9 Å². The first kappa shape index (κ1) is 13.9. The number of alkyl halides is 1. The Kier molecular flexibility index (Phi) is 3.71. The number of hydrogen-bond acceptors (Lipinski definition) is 2. The van der Waals surface area contributed by atoms with E-state index in [9.17, 15) is 4.39 Å². The van der Waals surface area contributed by atoms with Crippen molar-refractivity contribution < 1.29 is 4.39 Å². The van der Waals surface area contributed by atoms with Crippen molar-refractivity contribution >= 4 is 45.6 Å². The van der Waals surface area contributed by atoms with E-state index in [1.165, 1.54) is 17.4 Å². The Balaban J connectivity index is 2.14. The van der Waals surface area contributed by atoms with Crippen LogP contribution in [0.1, 0.15) is 16.3 Å². The van der Waals surface area contributed by atoms with Crippen LogP contribution in [0.25, 0.3) is 11.0 Å². The standard InChI is InChI=1S/C14H11Cl2FN2S/c1-8-4-12-11(5-10(8)17)18-14(6-15)19(12)7-9-2-3-13(16)20-9/h2-5H,6-7H2,1H3. The average molecular weight is 329 g/mol. The van der Waals surface area contributed by atoms with E-state index in [-0.39, 0.29) is 11.7 Å². The molecule has 0 atom stereocenters. The minimum absolute atomic E-state index is 0.248. The van der Waals surface area contributed by atoms with Gasteiger partial charge in [-0.15, -0.1) is 22.9 Å². The molecule has 20 heavy (non-hydrogen) atoms. The van der Waals surface area contributed by atoms with E-state index in [4.69, 9.17) is 23.2 Å². The maximum atomic E-state index is 13.6. The smallest absolute Gasteiger partial charge is 0.128 e. The second kappa shape index (κ2) is 5.35. The highest BCUT2D eigenvalue weighted by Crippen LogP contribution is 2.26. The van der Waals surface area contributed by atoms with Gasteiger partial charge in [-0.3, -0.25) is 0 Å². The van der Waals surface area contributed by atoms with E-state index in [2.05, 4.69) is 4.98 Å². The van der Waals surface area contributed by atoms with Crippen LogP contribution in [0.15, 0.2) is 24.3 Å². The fourth-order valence-electron chi connectivity index (χ4n) is 2.17. The van der Waals surface area contributed by atoms with Gasteiger partial charge in [0.05, 0.1) is 27.8 Å². The maximum absolute atomic E-state index is 13.6. The first-order valence-corrected chi connectivity index (χ1v) is 7.77. The zero-order valence-electron chi connectivity index (χ0n) is 10.7. The lowest BCUT2D eigenvalue weighted by Gasteiger charge is -2.06. The lowest BCUT2D eigenvalue weighted by molar-refractivity contribution is 0.620. The van der Waals surface area contributed by atoms with Gasteiger partial charge in [-0.05, 0) is 30.7 Å². The molecule has 0 aliphatic heterocycles. The summed E-state index contributed by atoms with van der Waals surface area (Å²) in [6, 6.07) is 7.11. The molecule has 104 valence electrons. The predicted octanol–water partition coefficient (Wildman–Crippen LogP) is 4.99. The number of aryl methyl sites for hydroxylation is 1. The van der Waals surface area contributed by atoms with Gasteiger partial charge in [-0.1, -0.05) is 11.6 Å². The number of hydrogen-bond donors (Lipinski definition) is 0. The summed E-state index contributed by atoms with van der Waals surface area (Å²) in [5.41, 5.74) is 2.12. The van der Waals surface area contributed by atoms with E-state index >= 15 is 0 Å². The quantitative estimate of drug-likeness (QED) is 0.619. The molecule has 0 fully saturated rings. The van der Waals surface area contributed by atoms with Crippen molar-refractivity contribution in [3.05, 3.63) is 50.7 Å². The SMILES string of the molecule is Cc1cc2c(cc1F)nc(CCl)n2Cc1ccc(Cl)s1. The van der Waals surface area contributed by atoms with Crippen molar-refractivity contribution in [3.63, 3.8) is 0 Å². The first-order valence-electron chi connectivity index (χ1n) is 6.04. The van der Waals surface area contributed by atoms with Gasteiger partial charge < -0.3 is 4.57 Å². The van der Waals surface area contributed by atoms with Gasteiger partial charge in [-0.25, -0.2) is 9.37 Å². The molecule has 0 unspecified atom stereocenters. The molecule has 0 saturated heterocycles. The normalized spacial score (nSPS) is 11.4. The summed E-state index contributed by atoms with van der Waals surface area (Å²) in [5.74, 6) is 0.771. The fourth-order valence-corrected chi connectivity index (χ4v) is 3.45. The number of halogens is 3. The summed E-state index contributed by atoms with van der Waals surface area (Å²) >= 11 is 13.4. The highest BCUT2D eigenvalue weighted by molar-refractivity contribution is 7.16. The molecule has 0 bridgehead atoms. The molecule has 6 heteroatoms. The Morgan fingerprint density at radius 3 is 2.80 bits per heavy atom. The van der Waals surface area contributed by atoms with Crippen LogP contribution in [0, 0.1) is 12.7 Å². The Labute approximate surface area is 129 Å². The van der Waals surface area contributed by atoms with Crippen LogP contribution in [0.4, 0.5) is 4.39 Å². The molecule has 0 spiro atoms. The van der Waals surface area contributed by atoms with Crippen LogP contribution in [0.3, 0.4) is 0 Å². The van der Waals surface area contributed by atoms with Crippen molar-refractivity contribution in [2.75, 3.05) is 0 Å². The third-order valence-electron chi connectivity index (χ3n) is 3.17. The second-order valence-corrected chi connectivity index (χ2v) is 6.61. The summed E-state index contributed by atoms with van der Waals surface area (Å²) in [6.07, 6.45) is 0. The summed E-state index contributed by atoms with van der Waals surface area (Å²) in [5, 5.41) is 0. The van der Waals surface area contributed by atoms with E-state index < -0.39 is 0 Å². The first-order chi connectivity index (χ1) is 9.58. The second-order valence-electron chi connectivity index (χ2n) is 4.54. The molecule has 2 nitrogen and oxygen atoms in total. The highest BCUT2D eigenvalue weighted by Gasteiger charge is 2.13. The molecule has 2 aromatic heterocycles. The molecule has 3 rings (SSSR count). The fraction of sp³-hybridized carbons (Fsp3) is 0.214. The van der Waals surface area contributed by atoms with Crippen LogP contribution < -0.4 is 0 Å².